The Balaban J connectivity index is 2.37. The van der Waals surface area contributed by atoms with Gasteiger partial charge in [-0.05, 0) is 69.4 Å². The number of phenols is 2. The van der Waals surface area contributed by atoms with E-state index >= 15 is 0 Å². The van der Waals surface area contributed by atoms with E-state index in [0.717, 1.165) is 0 Å². The fourth-order valence-electron chi connectivity index (χ4n) is 1.30. The number of rotatable bonds is 2. The van der Waals surface area contributed by atoms with Crippen LogP contribution in [0.15, 0.2) is 30.3 Å². The summed E-state index contributed by atoms with van der Waals surface area (Å²) in [7, 11) is 0. The van der Waals surface area contributed by atoms with Gasteiger partial charge in [-0.2, -0.15) is 0 Å². The molecule has 2 N–H and O–H groups in total. The number of halogens is 3. The molecule has 0 unspecified atom stereocenters. The number of hydrogen-bond acceptors (Lipinski definition) is 3. The van der Waals surface area contributed by atoms with Gasteiger partial charge < -0.3 is 14.9 Å². The lowest BCUT2D eigenvalue weighted by molar-refractivity contribution is 0.448. The first-order chi connectivity index (χ1) is 8.47. The van der Waals surface area contributed by atoms with E-state index in [1.165, 1.54) is 12.1 Å². The van der Waals surface area contributed by atoms with E-state index in [1.807, 2.05) is 45.2 Å². The molecule has 0 atom stereocenters. The van der Waals surface area contributed by atoms with Crippen LogP contribution >= 0.6 is 56.8 Å². The highest BCUT2D eigenvalue weighted by Gasteiger charge is 2.09. The Labute approximate surface area is 136 Å². The Kier molecular flexibility index (Phi) is 4.44. The van der Waals surface area contributed by atoms with Gasteiger partial charge in [0.1, 0.15) is 23.0 Å². The summed E-state index contributed by atoms with van der Waals surface area (Å²) in [6, 6.07) is 7.87. The number of benzene rings is 2. The average Bonchev–Trinajstić information content (AvgIpc) is 2.31. The SMILES string of the molecule is Oc1ccc(Cl)c(Oc2cc(I)c(O)c(I)c2)c1. The molecule has 0 bridgehead atoms. The molecule has 2 aromatic carbocycles. The molecule has 0 heterocycles. The van der Waals surface area contributed by atoms with Crippen LogP contribution < -0.4 is 4.74 Å². The van der Waals surface area contributed by atoms with E-state index in [-0.39, 0.29) is 11.5 Å². The van der Waals surface area contributed by atoms with E-state index in [0.29, 0.717) is 23.7 Å². The minimum Gasteiger partial charge on any atom is -0.508 e. The molecule has 0 aliphatic carbocycles. The molecule has 0 radical (unpaired) electrons. The molecule has 2 aromatic rings. The second-order valence-electron chi connectivity index (χ2n) is 3.45. The summed E-state index contributed by atoms with van der Waals surface area (Å²) < 4.78 is 6.97. The van der Waals surface area contributed by atoms with Gasteiger partial charge >= 0.3 is 0 Å². The predicted molar refractivity (Wildman–Crippen MR) is 86.7 cm³/mol. The Bertz CT molecular complexity index is 579. The first kappa shape index (κ1) is 14.0. The van der Waals surface area contributed by atoms with Crippen LogP contribution in [0.25, 0.3) is 0 Å². The second-order valence-corrected chi connectivity index (χ2v) is 6.18. The van der Waals surface area contributed by atoms with E-state index in [9.17, 15) is 10.2 Å². The number of hydrogen-bond donors (Lipinski definition) is 2. The van der Waals surface area contributed by atoms with Gasteiger partial charge in [0, 0.05) is 6.07 Å². The Morgan fingerprint density at radius 2 is 1.61 bits per heavy atom. The molecule has 0 aliphatic heterocycles. The summed E-state index contributed by atoms with van der Waals surface area (Å²) in [5.41, 5.74) is 0. The summed E-state index contributed by atoms with van der Waals surface area (Å²) in [5.74, 6) is 1.23. The molecule has 0 amide bonds. The zero-order valence-corrected chi connectivity index (χ0v) is 13.9. The Morgan fingerprint density at radius 1 is 1.00 bits per heavy atom. The van der Waals surface area contributed by atoms with Gasteiger partial charge in [-0.1, -0.05) is 11.6 Å². The lowest BCUT2D eigenvalue weighted by Crippen LogP contribution is -1.88. The van der Waals surface area contributed by atoms with Crippen molar-refractivity contribution in [2.75, 3.05) is 0 Å². The van der Waals surface area contributed by atoms with E-state index in [4.69, 9.17) is 16.3 Å². The summed E-state index contributed by atoms with van der Waals surface area (Å²) in [6.07, 6.45) is 0. The third-order valence-corrected chi connectivity index (χ3v) is 4.09. The number of aromatic hydroxyl groups is 2. The second kappa shape index (κ2) is 5.70. The summed E-state index contributed by atoms with van der Waals surface area (Å²) in [5, 5.41) is 19.5. The molecule has 3 nitrogen and oxygen atoms in total. The standard InChI is InChI=1S/C12H7ClI2O3/c13-8-2-1-6(16)3-11(8)18-7-4-9(14)12(17)10(15)5-7/h1-5,16-17H. The van der Waals surface area contributed by atoms with Crippen molar-refractivity contribution in [1.29, 1.82) is 0 Å². The van der Waals surface area contributed by atoms with Crippen LogP contribution in [0.4, 0.5) is 0 Å². The Morgan fingerprint density at radius 3 is 2.22 bits per heavy atom. The summed E-state index contributed by atoms with van der Waals surface area (Å²) in [6.45, 7) is 0. The summed E-state index contributed by atoms with van der Waals surface area (Å²) in [4.78, 5) is 0. The van der Waals surface area contributed by atoms with Crippen LogP contribution in [0, 0.1) is 7.14 Å². The van der Waals surface area contributed by atoms with Gasteiger partial charge in [-0.25, -0.2) is 0 Å². The minimum absolute atomic E-state index is 0.0811. The average molecular weight is 488 g/mol. The maximum Gasteiger partial charge on any atom is 0.149 e. The molecule has 0 aliphatic rings. The maximum absolute atomic E-state index is 9.66. The first-order valence-corrected chi connectivity index (χ1v) is 7.35. The first-order valence-electron chi connectivity index (χ1n) is 4.82. The third kappa shape index (κ3) is 3.12. The predicted octanol–water partition coefficient (Wildman–Crippen LogP) is 4.75. The molecule has 0 saturated carbocycles. The van der Waals surface area contributed by atoms with Crippen molar-refractivity contribution >= 4 is 56.8 Å². The highest BCUT2D eigenvalue weighted by Crippen LogP contribution is 2.36. The smallest absolute Gasteiger partial charge is 0.149 e. The molecule has 0 spiro atoms. The zero-order valence-electron chi connectivity index (χ0n) is 8.82. The monoisotopic (exact) mass is 488 g/mol. The number of ether oxygens (including phenoxy) is 1. The Hall–Kier alpha value is -0.410. The zero-order chi connectivity index (χ0) is 13.3. The van der Waals surface area contributed by atoms with Crippen LogP contribution in [0.1, 0.15) is 0 Å². The highest BCUT2D eigenvalue weighted by molar-refractivity contribution is 14.1. The van der Waals surface area contributed by atoms with Crippen molar-refractivity contribution in [3.05, 3.63) is 42.5 Å². The van der Waals surface area contributed by atoms with Crippen molar-refractivity contribution in [2.24, 2.45) is 0 Å². The molecule has 6 heteroatoms. The fraction of sp³-hybridized carbons (Fsp3) is 0. The van der Waals surface area contributed by atoms with E-state index in [1.54, 1.807) is 18.2 Å². The van der Waals surface area contributed by atoms with Gasteiger partial charge in [0.2, 0.25) is 0 Å². The van der Waals surface area contributed by atoms with Crippen LogP contribution in [0.3, 0.4) is 0 Å². The highest BCUT2D eigenvalue weighted by atomic mass is 127. The lowest BCUT2D eigenvalue weighted by Gasteiger charge is -2.10. The van der Waals surface area contributed by atoms with Gasteiger partial charge in [-0.15, -0.1) is 0 Å². The topological polar surface area (TPSA) is 49.7 Å². The maximum atomic E-state index is 9.66. The molecule has 94 valence electrons. The fourth-order valence-corrected chi connectivity index (χ4v) is 3.17. The van der Waals surface area contributed by atoms with Crippen molar-refractivity contribution in [3.8, 4) is 23.0 Å². The van der Waals surface area contributed by atoms with Gasteiger partial charge in [-0.3, -0.25) is 0 Å². The molecule has 0 fully saturated rings. The third-order valence-electron chi connectivity index (χ3n) is 2.13. The van der Waals surface area contributed by atoms with E-state index in [2.05, 4.69) is 0 Å². The van der Waals surface area contributed by atoms with Crippen molar-refractivity contribution in [2.45, 2.75) is 0 Å². The van der Waals surface area contributed by atoms with E-state index < -0.39 is 0 Å². The largest absolute Gasteiger partial charge is 0.508 e. The van der Waals surface area contributed by atoms with Gasteiger partial charge in [0.25, 0.3) is 0 Å². The van der Waals surface area contributed by atoms with Crippen molar-refractivity contribution in [3.63, 3.8) is 0 Å². The van der Waals surface area contributed by atoms with Crippen LogP contribution in [0.5, 0.6) is 23.0 Å². The molecule has 0 aromatic heterocycles. The number of phenolic OH excluding ortho intramolecular Hbond substituents is 2. The minimum atomic E-state index is 0.0811. The molecule has 2 rings (SSSR count). The van der Waals surface area contributed by atoms with Crippen LogP contribution in [0.2, 0.25) is 5.02 Å². The molecule has 18 heavy (non-hydrogen) atoms. The molecule has 0 saturated heterocycles. The van der Waals surface area contributed by atoms with Crippen molar-refractivity contribution in [1.82, 2.24) is 0 Å². The molecular weight excluding hydrogens is 481 g/mol. The van der Waals surface area contributed by atoms with Crippen molar-refractivity contribution < 1.29 is 14.9 Å². The van der Waals surface area contributed by atoms with Gasteiger partial charge in [0.15, 0.2) is 0 Å². The lowest BCUT2D eigenvalue weighted by atomic mass is 10.3. The van der Waals surface area contributed by atoms with Crippen LogP contribution in [-0.4, -0.2) is 10.2 Å². The normalized spacial score (nSPS) is 10.4. The molecular formula is C12H7ClI2O3. The summed E-state index contributed by atoms with van der Waals surface area (Å²) >= 11 is 10.0. The van der Waals surface area contributed by atoms with Gasteiger partial charge in [0.05, 0.1) is 12.2 Å². The van der Waals surface area contributed by atoms with Crippen LogP contribution in [-0.2, 0) is 0 Å². The quantitative estimate of drug-likeness (QED) is 0.600.